The van der Waals surface area contributed by atoms with Crippen molar-refractivity contribution < 1.29 is 39.2 Å². The summed E-state index contributed by atoms with van der Waals surface area (Å²) in [7, 11) is 0. The number of hydrogen-bond acceptors (Lipinski definition) is 9. The summed E-state index contributed by atoms with van der Waals surface area (Å²) >= 11 is 0. The minimum Gasteiger partial charge on any atom is -0.387 e. The van der Waals surface area contributed by atoms with Gasteiger partial charge in [-0.05, 0) is 13.3 Å². The number of nitrogens with two attached hydrogens (primary N) is 2. The monoisotopic (exact) mass is 488 g/mol. The number of ketones is 1. The Morgan fingerprint density at radius 3 is 2.09 bits per heavy atom. The van der Waals surface area contributed by atoms with Crippen molar-refractivity contribution in [2.75, 3.05) is 0 Å². The van der Waals surface area contributed by atoms with Gasteiger partial charge in [0.2, 0.25) is 17.7 Å². The van der Waals surface area contributed by atoms with Crippen LogP contribution in [0.3, 0.4) is 0 Å². The lowest BCUT2D eigenvalue weighted by Crippen LogP contribution is -2.65. The number of hydrogen-bond donors (Lipinski definition) is 7. The zero-order chi connectivity index (χ0) is 25.8. The molecule has 1 aliphatic rings. The van der Waals surface area contributed by atoms with Crippen molar-refractivity contribution >= 4 is 23.5 Å². The summed E-state index contributed by atoms with van der Waals surface area (Å²) in [6.45, 7) is 3.35. The number of unbranched alkanes of at least 4 members (excludes halogenated alkanes) is 6. The van der Waals surface area contributed by atoms with E-state index in [1.54, 1.807) is 0 Å². The van der Waals surface area contributed by atoms with Crippen LogP contribution in [-0.4, -0.2) is 81.6 Å². The molecule has 0 radical (unpaired) electrons. The van der Waals surface area contributed by atoms with Gasteiger partial charge in [-0.2, -0.15) is 0 Å². The highest BCUT2D eigenvalue weighted by Crippen LogP contribution is 2.20. The van der Waals surface area contributed by atoms with Crippen molar-refractivity contribution in [2.45, 2.75) is 114 Å². The third kappa shape index (κ3) is 9.63. The van der Waals surface area contributed by atoms with E-state index in [2.05, 4.69) is 17.6 Å². The Kier molecular flexibility index (Phi) is 13.2. The van der Waals surface area contributed by atoms with Crippen LogP contribution in [0.15, 0.2) is 0 Å². The van der Waals surface area contributed by atoms with Crippen LogP contribution in [0.2, 0.25) is 0 Å². The molecule has 12 heteroatoms. The van der Waals surface area contributed by atoms with Gasteiger partial charge in [-0.1, -0.05) is 51.9 Å². The van der Waals surface area contributed by atoms with Gasteiger partial charge in [-0.3, -0.25) is 19.2 Å². The predicted molar refractivity (Wildman–Crippen MR) is 122 cm³/mol. The summed E-state index contributed by atoms with van der Waals surface area (Å²) in [5.74, 6) is -2.94. The fraction of sp³-hybridized carbons (Fsp3) is 0.818. The second-order valence-corrected chi connectivity index (χ2v) is 8.81. The fourth-order valence-electron chi connectivity index (χ4n) is 3.66. The Morgan fingerprint density at radius 2 is 1.53 bits per heavy atom. The summed E-state index contributed by atoms with van der Waals surface area (Å²) in [5.41, 5.74) is 11.0. The van der Waals surface area contributed by atoms with E-state index >= 15 is 0 Å². The number of rotatable bonds is 15. The first-order chi connectivity index (χ1) is 16.0. The fourth-order valence-corrected chi connectivity index (χ4v) is 3.66. The highest BCUT2D eigenvalue weighted by Gasteiger charge is 2.46. The summed E-state index contributed by atoms with van der Waals surface area (Å²) in [5, 5.41) is 34.4. The minimum atomic E-state index is -1.80. The number of Topliss-reactive ketones (excluding diaryl/α,β-unsaturated/α-hetero) is 1. The van der Waals surface area contributed by atoms with E-state index in [0.717, 1.165) is 25.7 Å². The third-order valence-corrected chi connectivity index (χ3v) is 5.85. The standard InChI is InChI=1S/C22H40N4O8/c1-3-4-5-6-7-8-9-10-13(23)21(33)25-14(12(2)27)11-15(28)26-22-18(31)16(29)17(30)19(34-22)20(24)32/h13-14,16-19,22,29-31H,3-11,23H2,1-2H3,(H2,24,32)(H,25,33)(H,26,28)/t13?,14?,16-,17-,18?,19?,22+/m0/s1. The quantitative estimate of drug-likeness (QED) is 0.131. The number of primary amides is 1. The molecule has 1 aliphatic heterocycles. The normalized spacial score (nSPS) is 26.4. The van der Waals surface area contributed by atoms with E-state index in [-0.39, 0.29) is 0 Å². The molecular weight excluding hydrogens is 448 g/mol. The lowest BCUT2D eigenvalue weighted by Gasteiger charge is -2.39. The van der Waals surface area contributed by atoms with E-state index in [9.17, 15) is 34.5 Å². The van der Waals surface area contributed by atoms with E-state index < -0.39 is 72.7 Å². The molecule has 0 spiro atoms. The van der Waals surface area contributed by atoms with Crippen molar-refractivity contribution in [3.8, 4) is 0 Å². The van der Waals surface area contributed by atoms with Crippen LogP contribution in [0, 0.1) is 0 Å². The van der Waals surface area contributed by atoms with Gasteiger partial charge in [0.15, 0.2) is 18.1 Å². The van der Waals surface area contributed by atoms with Crippen LogP contribution in [0.5, 0.6) is 0 Å². The van der Waals surface area contributed by atoms with E-state index in [1.165, 1.54) is 26.2 Å². The maximum absolute atomic E-state index is 12.4. The molecule has 1 saturated heterocycles. The van der Waals surface area contributed by atoms with Crippen molar-refractivity contribution in [1.29, 1.82) is 0 Å². The Bertz CT molecular complexity index is 692. The van der Waals surface area contributed by atoms with Gasteiger partial charge < -0.3 is 42.2 Å². The number of aliphatic hydroxyl groups excluding tert-OH is 3. The van der Waals surface area contributed by atoms with Crippen LogP contribution >= 0.6 is 0 Å². The predicted octanol–water partition coefficient (Wildman–Crippen LogP) is -1.67. The first-order valence-corrected chi connectivity index (χ1v) is 11.8. The van der Waals surface area contributed by atoms with Crippen LogP contribution in [0.4, 0.5) is 0 Å². The van der Waals surface area contributed by atoms with Crippen LogP contribution in [0.25, 0.3) is 0 Å². The number of aliphatic hydroxyl groups is 3. The Balaban J connectivity index is 2.54. The van der Waals surface area contributed by atoms with E-state index in [1.807, 2.05) is 0 Å². The summed E-state index contributed by atoms with van der Waals surface area (Å²) < 4.78 is 5.10. The van der Waals surface area contributed by atoms with Gasteiger partial charge in [-0.25, -0.2) is 0 Å². The minimum absolute atomic E-state index is 0.452. The third-order valence-electron chi connectivity index (χ3n) is 5.85. The first kappa shape index (κ1) is 29.9. The molecule has 1 rings (SSSR count). The lowest BCUT2D eigenvalue weighted by molar-refractivity contribution is -0.226. The van der Waals surface area contributed by atoms with E-state index in [0.29, 0.717) is 6.42 Å². The molecule has 34 heavy (non-hydrogen) atoms. The topological polar surface area (TPSA) is 214 Å². The van der Waals surface area contributed by atoms with E-state index in [4.69, 9.17) is 16.2 Å². The number of nitrogens with one attached hydrogen (secondary N) is 2. The molecule has 0 aliphatic carbocycles. The molecule has 0 aromatic carbocycles. The zero-order valence-electron chi connectivity index (χ0n) is 19.9. The van der Waals surface area contributed by atoms with Crippen LogP contribution in [0.1, 0.15) is 71.6 Å². The Hall–Kier alpha value is -2.12. The van der Waals surface area contributed by atoms with Crippen molar-refractivity contribution in [2.24, 2.45) is 11.5 Å². The molecule has 196 valence electrons. The molecule has 0 saturated carbocycles. The maximum Gasteiger partial charge on any atom is 0.249 e. The SMILES string of the molecule is CCCCCCCCCC(N)C(=O)NC(CC(=O)N[C@@H]1OC(C(N)=O)[C@@H](O)[C@H](O)C1O)C(C)=O. The molecule has 12 nitrogen and oxygen atoms in total. The number of carbonyl (C=O) groups excluding carboxylic acids is 4. The molecule has 3 amide bonds. The maximum atomic E-state index is 12.4. The molecule has 4 unspecified atom stereocenters. The second kappa shape index (κ2) is 15.0. The van der Waals surface area contributed by atoms with Crippen LogP contribution in [-0.2, 0) is 23.9 Å². The van der Waals surface area contributed by atoms with Crippen molar-refractivity contribution in [3.05, 3.63) is 0 Å². The van der Waals surface area contributed by atoms with Gasteiger partial charge in [0.25, 0.3) is 0 Å². The van der Waals surface area contributed by atoms with Gasteiger partial charge in [0.05, 0.1) is 18.5 Å². The molecule has 1 heterocycles. The number of ether oxygens (including phenoxy) is 1. The smallest absolute Gasteiger partial charge is 0.249 e. The largest absolute Gasteiger partial charge is 0.387 e. The summed E-state index contributed by atoms with van der Waals surface area (Å²) in [4.78, 5) is 48.1. The Labute approximate surface area is 199 Å². The summed E-state index contributed by atoms with van der Waals surface area (Å²) in [6, 6.07) is -1.99. The van der Waals surface area contributed by atoms with Crippen molar-refractivity contribution in [3.63, 3.8) is 0 Å². The zero-order valence-corrected chi connectivity index (χ0v) is 19.9. The Morgan fingerprint density at radius 1 is 0.941 bits per heavy atom. The molecule has 9 N–H and O–H groups in total. The second-order valence-electron chi connectivity index (χ2n) is 8.81. The molecule has 1 fully saturated rings. The average Bonchev–Trinajstić information content (AvgIpc) is 2.77. The molecule has 0 aromatic heterocycles. The van der Waals surface area contributed by atoms with Gasteiger partial charge >= 0.3 is 0 Å². The van der Waals surface area contributed by atoms with Crippen LogP contribution < -0.4 is 22.1 Å². The first-order valence-electron chi connectivity index (χ1n) is 11.8. The molecular formula is C22H40N4O8. The van der Waals surface area contributed by atoms with Gasteiger partial charge in [-0.15, -0.1) is 0 Å². The molecule has 7 atom stereocenters. The highest BCUT2D eigenvalue weighted by molar-refractivity contribution is 5.93. The highest BCUT2D eigenvalue weighted by atomic mass is 16.6. The molecule has 0 bridgehead atoms. The van der Waals surface area contributed by atoms with Gasteiger partial charge in [0.1, 0.15) is 18.3 Å². The average molecular weight is 489 g/mol. The number of carbonyl (C=O) groups is 4. The molecule has 0 aromatic rings. The summed E-state index contributed by atoms with van der Waals surface area (Å²) in [6.07, 6.45) is -1.06. The van der Waals surface area contributed by atoms with Gasteiger partial charge in [0, 0.05) is 0 Å². The number of amides is 3. The lowest BCUT2D eigenvalue weighted by atomic mass is 9.97. The van der Waals surface area contributed by atoms with Crippen molar-refractivity contribution in [1.82, 2.24) is 10.6 Å².